The molecule has 1 heterocycles. The fourth-order valence-corrected chi connectivity index (χ4v) is 3.55. The summed E-state index contributed by atoms with van der Waals surface area (Å²) in [6.07, 6.45) is 1.11. The lowest BCUT2D eigenvalue weighted by molar-refractivity contribution is -0.134. The number of ether oxygens (including phenoxy) is 1. The van der Waals surface area contributed by atoms with Gasteiger partial charge in [-0.1, -0.05) is 47.5 Å². The van der Waals surface area contributed by atoms with Crippen molar-refractivity contribution >= 4 is 17.6 Å². The minimum atomic E-state index is -0.0792. The molecular weight excluding hydrogens is 392 g/mol. The zero-order valence-electron chi connectivity index (χ0n) is 18.3. The lowest BCUT2D eigenvalue weighted by atomic mass is 10.0. The summed E-state index contributed by atoms with van der Waals surface area (Å²) in [4.78, 5) is 40.9. The molecule has 1 fully saturated rings. The van der Waals surface area contributed by atoms with Crippen molar-refractivity contribution in [1.82, 2.24) is 9.80 Å². The van der Waals surface area contributed by atoms with Crippen LogP contribution in [0.25, 0.3) is 0 Å². The summed E-state index contributed by atoms with van der Waals surface area (Å²) < 4.78 is 5.60. The Labute approximate surface area is 183 Å². The number of rotatable bonds is 7. The van der Waals surface area contributed by atoms with Crippen LogP contribution in [0.1, 0.15) is 40.7 Å². The van der Waals surface area contributed by atoms with Gasteiger partial charge in [-0.25, -0.2) is 0 Å². The third-order valence-corrected chi connectivity index (χ3v) is 5.52. The predicted molar refractivity (Wildman–Crippen MR) is 119 cm³/mol. The van der Waals surface area contributed by atoms with Gasteiger partial charge in [0.1, 0.15) is 5.75 Å². The summed E-state index contributed by atoms with van der Waals surface area (Å²) in [7, 11) is 0. The van der Waals surface area contributed by atoms with E-state index < -0.39 is 0 Å². The minimum Gasteiger partial charge on any atom is -0.484 e. The van der Waals surface area contributed by atoms with Crippen LogP contribution in [0.2, 0.25) is 0 Å². The van der Waals surface area contributed by atoms with Crippen LogP contribution in [-0.4, -0.2) is 60.2 Å². The molecule has 0 saturated carbocycles. The van der Waals surface area contributed by atoms with Crippen molar-refractivity contribution in [3.05, 3.63) is 65.2 Å². The third kappa shape index (κ3) is 6.67. The van der Waals surface area contributed by atoms with Crippen molar-refractivity contribution in [3.63, 3.8) is 0 Å². The van der Waals surface area contributed by atoms with Gasteiger partial charge in [0.25, 0.3) is 5.91 Å². The monoisotopic (exact) mass is 422 g/mol. The molecule has 164 valence electrons. The molecule has 6 nitrogen and oxygen atoms in total. The Morgan fingerprint density at radius 2 is 1.29 bits per heavy atom. The van der Waals surface area contributed by atoms with Gasteiger partial charge in [0, 0.05) is 44.6 Å². The van der Waals surface area contributed by atoms with Gasteiger partial charge in [-0.2, -0.15) is 0 Å². The normalized spacial score (nSPS) is 14.1. The largest absolute Gasteiger partial charge is 0.484 e. The van der Waals surface area contributed by atoms with Gasteiger partial charge in [-0.15, -0.1) is 0 Å². The van der Waals surface area contributed by atoms with E-state index in [1.54, 1.807) is 21.9 Å². The average molecular weight is 423 g/mol. The molecule has 1 aliphatic heterocycles. The Morgan fingerprint density at radius 3 is 1.90 bits per heavy atom. The SMILES string of the molecule is Cc1ccc(OCC(=O)N2CCCN(C(=O)CCC(=O)c3ccc(C)cc3)CC2)cc1. The van der Waals surface area contributed by atoms with Crippen LogP contribution in [0.4, 0.5) is 0 Å². The van der Waals surface area contributed by atoms with E-state index in [-0.39, 0.29) is 37.0 Å². The van der Waals surface area contributed by atoms with E-state index in [1.165, 1.54) is 0 Å². The number of carbonyl (C=O) groups excluding carboxylic acids is 3. The molecule has 2 aromatic carbocycles. The van der Waals surface area contributed by atoms with Crippen LogP contribution in [0, 0.1) is 13.8 Å². The number of benzene rings is 2. The molecule has 0 aliphatic carbocycles. The lowest BCUT2D eigenvalue weighted by Gasteiger charge is -2.22. The molecule has 0 radical (unpaired) electrons. The van der Waals surface area contributed by atoms with E-state index in [1.807, 2.05) is 50.2 Å². The molecular formula is C25H30N2O4. The van der Waals surface area contributed by atoms with Gasteiger partial charge in [-0.3, -0.25) is 14.4 Å². The van der Waals surface area contributed by atoms with E-state index in [0.29, 0.717) is 43.9 Å². The van der Waals surface area contributed by atoms with Crippen LogP contribution < -0.4 is 4.74 Å². The van der Waals surface area contributed by atoms with Gasteiger partial charge in [-0.05, 0) is 32.4 Å². The van der Waals surface area contributed by atoms with Crippen LogP contribution >= 0.6 is 0 Å². The highest BCUT2D eigenvalue weighted by molar-refractivity contribution is 5.98. The first-order chi connectivity index (χ1) is 14.9. The maximum Gasteiger partial charge on any atom is 0.260 e. The highest BCUT2D eigenvalue weighted by atomic mass is 16.5. The maximum atomic E-state index is 12.6. The molecule has 3 rings (SSSR count). The fraction of sp³-hybridized carbons (Fsp3) is 0.400. The smallest absolute Gasteiger partial charge is 0.260 e. The number of amides is 2. The summed E-state index contributed by atoms with van der Waals surface area (Å²) in [5.74, 6) is 0.534. The van der Waals surface area contributed by atoms with E-state index in [2.05, 4.69) is 0 Å². The van der Waals surface area contributed by atoms with Crippen molar-refractivity contribution < 1.29 is 19.1 Å². The lowest BCUT2D eigenvalue weighted by Crippen LogP contribution is -2.39. The van der Waals surface area contributed by atoms with Gasteiger partial charge >= 0.3 is 0 Å². The van der Waals surface area contributed by atoms with Crippen molar-refractivity contribution in [2.45, 2.75) is 33.1 Å². The van der Waals surface area contributed by atoms with Crippen LogP contribution in [0.3, 0.4) is 0 Å². The van der Waals surface area contributed by atoms with Gasteiger partial charge in [0.05, 0.1) is 0 Å². The molecule has 0 atom stereocenters. The summed E-state index contributed by atoms with van der Waals surface area (Å²) in [6.45, 7) is 6.11. The van der Waals surface area contributed by atoms with Crippen molar-refractivity contribution in [2.24, 2.45) is 0 Å². The van der Waals surface area contributed by atoms with Crippen molar-refractivity contribution in [1.29, 1.82) is 0 Å². The summed E-state index contributed by atoms with van der Waals surface area (Å²) in [5.41, 5.74) is 2.87. The minimum absolute atomic E-state index is 0.0118. The molecule has 1 saturated heterocycles. The second-order valence-corrected chi connectivity index (χ2v) is 8.01. The number of aryl methyl sites for hydroxylation is 2. The number of hydrogen-bond donors (Lipinski definition) is 0. The maximum absolute atomic E-state index is 12.6. The highest BCUT2D eigenvalue weighted by Gasteiger charge is 2.22. The standard InChI is InChI=1S/C25H30N2O4/c1-19-4-8-21(9-5-19)23(28)12-13-24(29)26-14-3-15-27(17-16-26)25(30)18-31-22-10-6-20(2)7-11-22/h4-11H,3,12-18H2,1-2H3. The molecule has 0 bridgehead atoms. The molecule has 2 amide bonds. The van der Waals surface area contributed by atoms with Crippen molar-refractivity contribution in [3.8, 4) is 5.75 Å². The van der Waals surface area contributed by atoms with Crippen molar-refractivity contribution in [2.75, 3.05) is 32.8 Å². The number of hydrogen-bond acceptors (Lipinski definition) is 4. The highest BCUT2D eigenvalue weighted by Crippen LogP contribution is 2.13. The number of nitrogens with zero attached hydrogens (tertiary/aromatic N) is 2. The third-order valence-electron chi connectivity index (χ3n) is 5.52. The van der Waals surface area contributed by atoms with E-state index in [0.717, 1.165) is 11.1 Å². The Kier molecular flexibility index (Phi) is 7.82. The molecule has 31 heavy (non-hydrogen) atoms. The topological polar surface area (TPSA) is 66.9 Å². The molecule has 2 aromatic rings. The Balaban J connectivity index is 1.43. The second kappa shape index (κ2) is 10.8. The quantitative estimate of drug-likeness (QED) is 0.642. The Morgan fingerprint density at radius 1 is 0.742 bits per heavy atom. The predicted octanol–water partition coefficient (Wildman–Crippen LogP) is 3.41. The van der Waals surface area contributed by atoms with E-state index in [4.69, 9.17) is 4.74 Å². The van der Waals surface area contributed by atoms with Gasteiger partial charge in [0.2, 0.25) is 5.91 Å². The zero-order valence-corrected chi connectivity index (χ0v) is 18.3. The first kappa shape index (κ1) is 22.5. The molecule has 0 N–H and O–H groups in total. The number of carbonyl (C=O) groups is 3. The molecule has 0 unspecified atom stereocenters. The first-order valence-electron chi connectivity index (χ1n) is 10.8. The summed E-state index contributed by atoms with van der Waals surface area (Å²) in [6, 6.07) is 15.0. The number of ketones is 1. The molecule has 0 aromatic heterocycles. The second-order valence-electron chi connectivity index (χ2n) is 8.01. The Bertz CT molecular complexity index is 906. The van der Waals surface area contributed by atoms with Crippen LogP contribution in [0.15, 0.2) is 48.5 Å². The van der Waals surface area contributed by atoms with Crippen LogP contribution in [0.5, 0.6) is 5.75 Å². The summed E-state index contributed by atoms with van der Waals surface area (Å²) >= 11 is 0. The van der Waals surface area contributed by atoms with Gasteiger partial charge < -0.3 is 14.5 Å². The average Bonchev–Trinajstić information content (AvgIpc) is 3.03. The molecule has 6 heteroatoms. The Hall–Kier alpha value is -3.15. The van der Waals surface area contributed by atoms with E-state index >= 15 is 0 Å². The first-order valence-corrected chi connectivity index (χ1v) is 10.8. The molecule has 1 aliphatic rings. The van der Waals surface area contributed by atoms with Crippen LogP contribution in [-0.2, 0) is 9.59 Å². The van der Waals surface area contributed by atoms with E-state index in [9.17, 15) is 14.4 Å². The summed E-state index contributed by atoms with van der Waals surface area (Å²) in [5, 5.41) is 0. The van der Waals surface area contributed by atoms with Gasteiger partial charge in [0.15, 0.2) is 12.4 Å². The molecule has 0 spiro atoms. The zero-order chi connectivity index (χ0) is 22.2. The number of Topliss-reactive ketones (excluding diaryl/α,β-unsaturated/α-hetero) is 1. The fourth-order valence-electron chi connectivity index (χ4n) is 3.55.